The summed E-state index contributed by atoms with van der Waals surface area (Å²) >= 11 is 0. The van der Waals surface area contributed by atoms with E-state index in [4.69, 9.17) is 5.73 Å². The molecule has 1 saturated heterocycles. The number of amides is 1. The van der Waals surface area contributed by atoms with Crippen LogP contribution >= 0.6 is 23.4 Å². The molecule has 0 bridgehead atoms. The number of pyridine rings is 4. The van der Waals surface area contributed by atoms with E-state index >= 15 is 0 Å². The fourth-order valence-electron chi connectivity index (χ4n) is 13.8. The summed E-state index contributed by atoms with van der Waals surface area (Å²) in [7, 11) is -16.3. The molecule has 842 valence electrons. The van der Waals surface area contributed by atoms with E-state index in [-0.39, 0.29) is 107 Å². The molecular formula is C90H131F18N25O11Os2P3-3. The topological polar surface area (TPSA) is 495 Å². The molecule has 36 nitrogen and oxygen atoms in total. The van der Waals surface area contributed by atoms with Crippen molar-refractivity contribution in [2.75, 3.05) is 36.8 Å². The Morgan fingerprint density at radius 3 is 0.906 bits per heavy atom. The van der Waals surface area contributed by atoms with Crippen LogP contribution in [0.15, 0.2) is 185 Å². The van der Waals surface area contributed by atoms with E-state index in [1.807, 2.05) is 237 Å². The first-order chi connectivity index (χ1) is 66.4. The predicted octanol–water partition coefficient (Wildman–Crippen LogP) is 22.9. The maximum atomic E-state index is 13.2. The molecule has 0 radical (unpaired) electrons. The van der Waals surface area contributed by atoms with E-state index in [9.17, 15) is 120 Å². The summed E-state index contributed by atoms with van der Waals surface area (Å²) in [5.41, 5.74) is 11.0. The number of halogens is 18. The quantitative estimate of drug-likeness (QED) is 0.00610. The number of rotatable bonds is 34. The van der Waals surface area contributed by atoms with Gasteiger partial charge in [0.05, 0.1) is 58.3 Å². The van der Waals surface area contributed by atoms with E-state index in [2.05, 4.69) is 80.5 Å². The largest absolute Gasteiger partial charge is 0.412 e. The number of nitrogens with zero attached hydrogens (tertiary/aromatic N) is 20. The van der Waals surface area contributed by atoms with Crippen molar-refractivity contribution in [2.24, 2.45) is 115 Å². The van der Waals surface area contributed by atoms with Crippen molar-refractivity contribution in [3.8, 4) is 69.4 Å². The van der Waals surface area contributed by atoms with E-state index < -0.39 is 70.9 Å². The summed E-state index contributed by atoms with van der Waals surface area (Å²) in [6.45, 7) is 15.2. The summed E-state index contributed by atoms with van der Waals surface area (Å²) in [6.07, 6.45) is 46.1. The number of aryl methyl sites for hydroxylation is 8. The first-order valence-electron chi connectivity index (χ1n) is 44.6. The molecule has 0 aromatic carbocycles. The number of nitrogens with one attached hydrogen (secondary N) is 3. The fraction of sp³-hybridized carbons (Fsp3) is 0.444. The monoisotopic (exact) mass is 2560 g/mol. The number of aromatic nitrogens is 20. The number of hydrogen-bond acceptors (Lipinski definition) is 23. The van der Waals surface area contributed by atoms with Crippen LogP contribution in [0.25, 0.3) is 69.4 Å². The first kappa shape index (κ1) is 139. The summed E-state index contributed by atoms with van der Waals surface area (Å²) in [6, 6.07) is 19.5. The number of esters is 2. The average Bonchev–Trinajstić information content (AvgIpc) is 1.51. The molecule has 149 heavy (non-hydrogen) atoms. The van der Waals surface area contributed by atoms with Gasteiger partial charge in [0.1, 0.15) is 0 Å². The normalized spacial score (nSPS) is 15.0. The van der Waals surface area contributed by atoms with Crippen molar-refractivity contribution < 1.29 is 169 Å². The first-order valence-corrected chi connectivity index (χ1v) is 50.7. The number of nitrogens with two attached hydrogens (primary N) is 1. The van der Waals surface area contributed by atoms with Crippen LogP contribution in [0.3, 0.4) is 0 Å². The van der Waals surface area contributed by atoms with Gasteiger partial charge in [0.2, 0.25) is 5.91 Å². The Morgan fingerprint density at radius 1 is 0.389 bits per heavy atom. The number of imidazole rings is 8. The molecule has 1 aliphatic heterocycles. The molecule has 1 amide bonds. The van der Waals surface area contributed by atoms with Gasteiger partial charge in [-0.2, -0.15) is 0 Å². The minimum absolute atomic E-state index is 0. The Hall–Kier alpha value is -11.9. The van der Waals surface area contributed by atoms with E-state index in [0.29, 0.717) is 13.0 Å². The molecule has 12 aromatic heterocycles. The molecule has 1 aliphatic rings. The molecular weight excluding hydrogens is 2420 g/mol. The third-order valence-electron chi connectivity index (χ3n) is 21.3. The van der Waals surface area contributed by atoms with Crippen LogP contribution in [0.5, 0.6) is 0 Å². The van der Waals surface area contributed by atoms with Crippen LogP contribution in [0.1, 0.15) is 127 Å². The number of unbranched alkanes of at least 4 members (excludes halogenated alkanes) is 6. The summed E-state index contributed by atoms with van der Waals surface area (Å²) in [5, 5.41) is 38.8. The molecule has 9 unspecified atom stereocenters. The number of carbonyl (C=O) groups is 6. The number of carboxylic acid groups (broad SMARTS) is 3. The van der Waals surface area contributed by atoms with Crippen LogP contribution in [0.2, 0.25) is 0 Å². The molecule has 0 saturated carbocycles. The van der Waals surface area contributed by atoms with Crippen LogP contribution < -0.4 is 27.8 Å². The van der Waals surface area contributed by atoms with Crippen molar-refractivity contribution in [2.45, 2.75) is 127 Å². The third-order valence-corrected chi connectivity index (χ3v) is 21.3. The van der Waals surface area contributed by atoms with Gasteiger partial charge in [-0.1, -0.05) is 107 Å². The van der Waals surface area contributed by atoms with Gasteiger partial charge in [0.15, 0.2) is 46.6 Å². The summed E-state index contributed by atoms with van der Waals surface area (Å²) in [4.78, 5) is 122. The standard InChI is InChI=1S/C32H46N4O7.C16H22N4.C9H14O3.4C8H10N4.CH4.3F6P.H3N.H2O.2Os/c1-5-20(2)28(24(31(40)41)18-21(3)27(32(42)43)22(4)30(38)39)29(37)36-16-10-7-6-9-14-33-23-13-17-35-26(19-23)25-12-8-11-15-34-25;17-9-4-1-2-5-10-18-14-8-12-20-16(13-14)15-7-3-6-11-19-15;1-4-5(2)7-6(3)8(10)12-9(7)11;4*1-11-5-3-9-7(11)8-10-4-6-12(8)2;;3*1-7(2,3,4,5)6;;;;/h8,11-13,15,17,19-22,24,27-28H,5-7,9-10,14,16,18H2,1-4H3,(H,33,35)(H,36,37)(H,38,39)(H,40,41)(H,42,43);3,6-8,11-13H,1-2,4-5,9-10,17H2,(H,18,20);5-7H,4H2,1-3H3;4*3-6H,1-2H3;1H4;;;;1H3;1H2;;/q;;;;;;;;3*-1;;;;. The second kappa shape index (κ2) is 59.0. The van der Waals surface area contributed by atoms with Crippen molar-refractivity contribution >= 4 is 70.6 Å². The van der Waals surface area contributed by atoms with Crippen LogP contribution in [0.4, 0.5) is 86.9 Å². The van der Waals surface area contributed by atoms with Crippen molar-refractivity contribution in [3.05, 3.63) is 185 Å². The molecule has 13 heterocycles. The smallest absolute Gasteiger partial charge is 0.0906 e. The Labute approximate surface area is 875 Å². The van der Waals surface area contributed by atoms with Crippen LogP contribution in [-0.4, -0.2) is 179 Å². The number of cyclic esters (lactones) is 2. The molecule has 13 N–H and O–H groups in total. The molecule has 1 fully saturated rings. The zero-order valence-electron chi connectivity index (χ0n) is 83.4. The number of hydrogen-bond donors (Lipinski definition) is 8. The van der Waals surface area contributed by atoms with E-state index in [1.54, 1.807) is 82.0 Å². The van der Waals surface area contributed by atoms with Gasteiger partial charge in [-0.25, -0.2) is 39.9 Å². The number of anilines is 2. The minimum atomic E-state index is -10.7. The van der Waals surface area contributed by atoms with E-state index in [1.165, 1.54) is 26.2 Å². The molecule has 9 atom stereocenters. The van der Waals surface area contributed by atoms with Crippen LogP contribution in [0, 0.1) is 53.3 Å². The second-order valence-corrected chi connectivity index (χ2v) is 39.1. The van der Waals surface area contributed by atoms with Crippen LogP contribution in [-0.2, 0) is 129 Å². The maximum Gasteiger partial charge on any atom is 0.0906 e. The Kier molecular flexibility index (Phi) is 55.1. The summed E-state index contributed by atoms with van der Waals surface area (Å²) in [5.74, 6) is -3.40. The van der Waals surface area contributed by atoms with E-state index in [0.717, 1.165) is 139 Å². The van der Waals surface area contributed by atoms with Gasteiger partial charge >= 0.3 is 129 Å². The third kappa shape index (κ3) is 57.1. The maximum absolute atomic E-state index is 13.2. The number of aliphatic carboxylic acids is 3. The Balaban J connectivity index is 0. The Morgan fingerprint density at radius 2 is 0.678 bits per heavy atom. The summed E-state index contributed by atoms with van der Waals surface area (Å²) < 4.78 is 198. The molecule has 59 heteroatoms. The van der Waals surface area contributed by atoms with Gasteiger partial charge in [-0.3, -0.25) is 48.7 Å². The van der Waals surface area contributed by atoms with Gasteiger partial charge in [0.25, 0.3) is 0 Å². The van der Waals surface area contributed by atoms with Gasteiger partial charge < -0.3 is 89.9 Å². The molecule has 13 rings (SSSR count). The van der Waals surface area contributed by atoms with Crippen molar-refractivity contribution in [1.82, 2.24) is 108 Å². The molecule has 0 spiro atoms. The fourth-order valence-corrected chi connectivity index (χ4v) is 13.8. The second-order valence-electron chi connectivity index (χ2n) is 33.3. The SMILES string of the molecule is C.CCC(C)C(C(=O)NCCCCCCNc1ccnc(-c2ccccn2)c1)C(CC(C)C(C(=O)O)C(C)C(=O)O)C(=O)O.CCC(C)C1C(=O)OC(=O)C1C.Cn1ccnc1-c1nccn1C.Cn1ccnc1-c1nccn1C.Cn1ccnc1-c1nccn1C.Cn1ccnc1-c1nccn1C.F[P-](F)(F)(F)(F)F.F[P-](F)(F)(F)(F)F.F[P-](F)(F)(F)(F)F.N.NCCCCCCNc1ccnc(-c2ccccn2)c1.O.[Os].[Os]. The van der Waals surface area contributed by atoms with Crippen molar-refractivity contribution in [1.29, 1.82) is 0 Å². The minimum Gasteiger partial charge on any atom is -0.412 e. The zero-order valence-corrected chi connectivity index (χ0v) is 91.2. The number of ether oxygens (including phenoxy) is 1. The van der Waals surface area contributed by atoms with Gasteiger partial charge in [-0.05, 0) is 105 Å². The zero-order chi connectivity index (χ0) is 109. The van der Waals surface area contributed by atoms with Gasteiger partial charge in [0, 0.05) is 251 Å². The Bertz CT molecular complexity index is 5460. The number of carboxylic acids is 3. The molecule has 0 aliphatic carbocycles. The average molecular weight is 2550 g/mol. The number of carbonyl (C=O) groups excluding carboxylic acids is 3. The predicted molar refractivity (Wildman–Crippen MR) is 528 cm³/mol. The van der Waals surface area contributed by atoms with Crippen molar-refractivity contribution in [3.63, 3.8) is 0 Å². The van der Waals surface area contributed by atoms with Gasteiger partial charge in [-0.15, -0.1) is 0 Å². The molecule has 12 aromatic rings.